The van der Waals surface area contributed by atoms with Crippen molar-refractivity contribution in [3.05, 3.63) is 48.0 Å². The molecule has 0 saturated carbocycles. The van der Waals surface area contributed by atoms with Gasteiger partial charge in [0.05, 0.1) is 13.7 Å². The third-order valence-electron chi connectivity index (χ3n) is 2.96. The van der Waals surface area contributed by atoms with E-state index in [0.717, 1.165) is 11.3 Å². The van der Waals surface area contributed by atoms with Gasteiger partial charge in [-0.15, -0.1) is 0 Å². The first kappa shape index (κ1) is 14.8. The average Bonchev–Trinajstić information content (AvgIpc) is 2.91. The molecular weight excluding hydrogens is 268 g/mol. The van der Waals surface area contributed by atoms with Crippen LogP contribution >= 0.6 is 0 Å². The summed E-state index contributed by atoms with van der Waals surface area (Å²) in [5, 5.41) is 0. The van der Waals surface area contributed by atoms with Gasteiger partial charge in [0, 0.05) is 19.4 Å². The molecule has 0 aliphatic carbocycles. The fraction of sp³-hybridized carbons (Fsp3) is 0.250. The number of carbonyl (C=O) groups is 1. The maximum atomic E-state index is 12.2. The molecule has 0 atom stereocenters. The number of hydrogen-bond acceptors (Lipinski definition) is 4. The quantitative estimate of drug-likeness (QED) is 0.626. The SMILES string of the molecule is CCOC(=O)C(=Cc1cccc(OC)c1)c1nccn1C. The molecule has 1 aromatic carbocycles. The standard InChI is InChI=1S/C16H18N2O3/c1-4-21-16(19)14(15-17-8-9-18(15)2)11-12-6-5-7-13(10-12)20-3/h5-11H,4H2,1-3H3. The highest BCUT2D eigenvalue weighted by Crippen LogP contribution is 2.21. The molecule has 1 heterocycles. The largest absolute Gasteiger partial charge is 0.497 e. The summed E-state index contributed by atoms with van der Waals surface area (Å²) in [5.74, 6) is 0.901. The molecule has 0 aliphatic heterocycles. The van der Waals surface area contributed by atoms with Crippen LogP contribution in [0.5, 0.6) is 5.75 Å². The Labute approximate surface area is 123 Å². The number of esters is 1. The topological polar surface area (TPSA) is 53.4 Å². The highest BCUT2D eigenvalue weighted by molar-refractivity contribution is 6.20. The van der Waals surface area contributed by atoms with E-state index in [0.29, 0.717) is 18.0 Å². The van der Waals surface area contributed by atoms with Gasteiger partial charge in [0.2, 0.25) is 0 Å². The fourth-order valence-corrected chi connectivity index (χ4v) is 1.95. The van der Waals surface area contributed by atoms with Gasteiger partial charge >= 0.3 is 5.97 Å². The minimum atomic E-state index is -0.394. The lowest BCUT2D eigenvalue weighted by Gasteiger charge is -2.08. The summed E-state index contributed by atoms with van der Waals surface area (Å²) < 4.78 is 12.1. The molecular formula is C16H18N2O3. The van der Waals surface area contributed by atoms with Gasteiger partial charge in [-0.1, -0.05) is 12.1 Å². The van der Waals surface area contributed by atoms with Crippen LogP contribution in [0, 0.1) is 0 Å². The smallest absolute Gasteiger partial charge is 0.341 e. The Morgan fingerprint density at radius 3 is 2.86 bits per heavy atom. The molecule has 0 fully saturated rings. The summed E-state index contributed by atoms with van der Waals surface area (Å²) in [6.45, 7) is 2.10. The molecule has 2 rings (SSSR count). The monoisotopic (exact) mass is 286 g/mol. The normalized spacial score (nSPS) is 11.3. The van der Waals surface area contributed by atoms with Crippen LogP contribution in [-0.4, -0.2) is 29.2 Å². The van der Waals surface area contributed by atoms with E-state index in [1.54, 1.807) is 37.1 Å². The molecule has 0 amide bonds. The van der Waals surface area contributed by atoms with Gasteiger partial charge in [-0.3, -0.25) is 0 Å². The summed E-state index contributed by atoms with van der Waals surface area (Å²) in [6, 6.07) is 7.46. The number of ether oxygens (including phenoxy) is 2. The number of nitrogens with zero attached hydrogens (tertiary/aromatic N) is 2. The lowest BCUT2D eigenvalue weighted by molar-refractivity contribution is -0.136. The van der Waals surface area contributed by atoms with Crippen molar-refractivity contribution in [1.29, 1.82) is 0 Å². The lowest BCUT2D eigenvalue weighted by atomic mass is 10.1. The zero-order valence-electron chi connectivity index (χ0n) is 12.4. The van der Waals surface area contributed by atoms with Crippen molar-refractivity contribution in [2.45, 2.75) is 6.92 Å². The number of aromatic nitrogens is 2. The average molecular weight is 286 g/mol. The third-order valence-corrected chi connectivity index (χ3v) is 2.96. The first-order valence-electron chi connectivity index (χ1n) is 6.66. The Balaban J connectivity index is 2.46. The molecule has 5 heteroatoms. The molecule has 0 N–H and O–H groups in total. The first-order chi connectivity index (χ1) is 10.2. The second-order valence-electron chi connectivity index (χ2n) is 4.42. The van der Waals surface area contributed by atoms with Crippen LogP contribution < -0.4 is 4.74 Å². The van der Waals surface area contributed by atoms with E-state index >= 15 is 0 Å². The van der Waals surface area contributed by atoms with Crippen molar-refractivity contribution in [3.63, 3.8) is 0 Å². The Kier molecular flexibility index (Phi) is 4.77. The molecule has 110 valence electrons. The van der Waals surface area contributed by atoms with Crippen LogP contribution in [0.2, 0.25) is 0 Å². The van der Waals surface area contributed by atoms with Crippen LogP contribution in [0.25, 0.3) is 11.6 Å². The van der Waals surface area contributed by atoms with Crippen molar-refractivity contribution in [1.82, 2.24) is 9.55 Å². The molecule has 5 nitrogen and oxygen atoms in total. The molecule has 0 unspecified atom stereocenters. The molecule has 0 spiro atoms. The summed E-state index contributed by atoms with van der Waals surface area (Å²) in [7, 11) is 3.44. The highest BCUT2D eigenvalue weighted by atomic mass is 16.5. The predicted molar refractivity (Wildman–Crippen MR) is 80.7 cm³/mol. The number of benzene rings is 1. The van der Waals surface area contributed by atoms with E-state index in [1.807, 2.05) is 31.3 Å². The molecule has 0 saturated heterocycles. The van der Waals surface area contributed by atoms with Crippen LogP contribution in [-0.2, 0) is 16.6 Å². The van der Waals surface area contributed by atoms with Crippen LogP contribution in [0.4, 0.5) is 0 Å². The molecule has 2 aromatic rings. The number of hydrogen-bond donors (Lipinski definition) is 0. The fourth-order valence-electron chi connectivity index (χ4n) is 1.95. The minimum absolute atomic E-state index is 0.318. The summed E-state index contributed by atoms with van der Waals surface area (Å²) in [5.41, 5.74) is 1.26. The number of methoxy groups -OCH3 is 1. The molecule has 21 heavy (non-hydrogen) atoms. The molecule has 1 aromatic heterocycles. The second-order valence-corrected chi connectivity index (χ2v) is 4.42. The van der Waals surface area contributed by atoms with Crippen molar-refractivity contribution in [2.75, 3.05) is 13.7 Å². The van der Waals surface area contributed by atoms with E-state index in [2.05, 4.69) is 4.98 Å². The lowest BCUT2D eigenvalue weighted by Crippen LogP contribution is -2.10. The van der Waals surface area contributed by atoms with E-state index in [1.165, 1.54) is 0 Å². The highest BCUT2D eigenvalue weighted by Gasteiger charge is 2.17. The predicted octanol–water partition coefficient (Wildman–Crippen LogP) is 2.53. The zero-order valence-corrected chi connectivity index (χ0v) is 12.4. The summed E-state index contributed by atoms with van der Waals surface area (Å²) in [6.07, 6.45) is 5.19. The minimum Gasteiger partial charge on any atom is -0.497 e. The molecule has 0 aliphatic rings. The number of imidazole rings is 1. The van der Waals surface area contributed by atoms with Gasteiger partial charge in [-0.2, -0.15) is 0 Å². The van der Waals surface area contributed by atoms with Crippen LogP contribution in [0.1, 0.15) is 18.3 Å². The van der Waals surface area contributed by atoms with Gasteiger partial charge in [-0.05, 0) is 30.7 Å². The maximum absolute atomic E-state index is 12.2. The Bertz CT molecular complexity index is 659. The van der Waals surface area contributed by atoms with Crippen LogP contribution in [0.3, 0.4) is 0 Å². The molecule has 0 bridgehead atoms. The van der Waals surface area contributed by atoms with E-state index in [9.17, 15) is 4.79 Å². The van der Waals surface area contributed by atoms with E-state index in [-0.39, 0.29) is 0 Å². The summed E-state index contributed by atoms with van der Waals surface area (Å²) >= 11 is 0. The Hall–Kier alpha value is -2.56. The van der Waals surface area contributed by atoms with Gasteiger partial charge in [-0.25, -0.2) is 9.78 Å². The Morgan fingerprint density at radius 2 is 2.24 bits per heavy atom. The van der Waals surface area contributed by atoms with Crippen molar-refractivity contribution in [2.24, 2.45) is 7.05 Å². The van der Waals surface area contributed by atoms with E-state index < -0.39 is 5.97 Å². The molecule has 0 radical (unpaired) electrons. The van der Waals surface area contributed by atoms with Gasteiger partial charge in [0.1, 0.15) is 17.1 Å². The van der Waals surface area contributed by atoms with Gasteiger partial charge < -0.3 is 14.0 Å². The van der Waals surface area contributed by atoms with Crippen molar-refractivity contribution >= 4 is 17.6 Å². The van der Waals surface area contributed by atoms with Crippen molar-refractivity contribution < 1.29 is 14.3 Å². The van der Waals surface area contributed by atoms with E-state index in [4.69, 9.17) is 9.47 Å². The second kappa shape index (κ2) is 6.74. The van der Waals surface area contributed by atoms with Crippen LogP contribution in [0.15, 0.2) is 36.7 Å². The maximum Gasteiger partial charge on any atom is 0.341 e. The number of rotatable bonds is 5. The third kappa shape index (κ3) is 3.51. The first-order valence-corrected chi connectivity index (χ1v) is 6.66. The number of carbonyl (C=O) groups excluding carboxylic acids is 1. The number of aryl methyl sites for hydroxylation is 1. The van der Waals surface area contributed by atoms with Gasteiger partial charge in [0.15, 0.2) is 0 Å². The zero-order chi connectivity index (χ0) is 15.2. The van der Waals surface area contributed by atoms with Gasteiger partial charge in [0.25, 0.3) is 0 Å². The summed E-state index contributed by atoms with van der Waals surface area (Å²) in [4.78, 5) is 16.4. The van der Waals surface area contributed by atoms with Crippen molar-refractivity contribution in [3.8, 4) is 5.75 Å². The Morgan fingerprint density at radius 1 is 1.43 bits per heavy atom.